The van der Waals surface area contributed by atoms with Crippen LogP contribution in [0.15, 0.2) is 57.6 Å². The van der Waals surface area contributed by atoms with Crippen molar-refractivity contribution in [2.24, 2.45) is 0 Å². The molecule has 1 fully saturated rings. The van der Waals surface area contributed by atoms with E-state index in [9.17, 15) is 4.79 Å². The summed E-state index contributed by atoms with van der Waals surface area (Å²) in [4.78, 5) is 14.6. The fourth-order valence-electron chi connectivity index (χ4n) is 3.33. The molecule has 4 rings (SSSR count). The number of rotatable bonds is 4. The van der Waals surface area contributed by atoms with Crippen molar-refractivity contribution in [2.45, 2.75) is 25.7 Å². The summed E-state index contributed by atoms with van der Waals surface area (Å²) in [7, 11) is 0. The third-order valence-electron chi connectivity index (χ3n) is 4.79. The highest BCUT2D eigenvalue weighted by atomic mass is 79.9. The van der Waals surface area contributed by atoms with E-state index >= 15 is 0 Å². The van der Waals surface area contributed by atoms with E-state index in [0.29, 0.717) is 10.4 Å². The van der Waals surface area contributed by atoms with Crippen LogP contribution < -0.4 is 10.2 Å². The van der Waals surface area contributed by atoms with E-state index in [2.05, 4.69) is 36.3 Å². The summed E-state index contributed by atoms with van der Waals surface area (Å²) >= 11 is 3.20. The first-order valence-electron chi connectivity index (χ1n) is 9.45. The zero-order chi connectivity index (χ0) is 19.3. The molecule has 1 saturated heterocycles. The average Bonchev–Trinajstić information content (AvgIpc) is 2.98. The Kier molecular flexibility index (Phi) is 5.71. The quantitative estimate of drug-likeness (QED) is 0.608. The molecule has 7 heteroatoms. The molecular weight excluding hydrogens is 420 g/mol. The minimum absolute atomic E-state index is 0.249. The van der Waals surface area contributed by atoms with Crippen LogP contribution in [0.2, 0.25) is 0 Å². The van der Waals surface area contributed by atoms with Gasteiger partial charge in [-0.1, -0.05) is 25.0 Å². The maximum Gasteiger partial charge on any atom is 0.291 e. The molecule has 144 valence electrons. The van der Waals surface area contributed by atoms with E-state index < -0.39 is 0 Å². The zero-order valence-electron chi connectivity index (χ0n) is 15.4. The van der Waals surface area contributed by atoms with Crippen molar-refractivity contribution in [1.82, 2.24) is 10.2 Å². The van der Waals surface area contributed by atoms with E-state index in [4.69, 9.17) is 4.42 Å². The van der Waals surface area contributed by atoms with Crippen molar-refractivity contribution in [3.8, 4) is 11.3 Å². The number of hydrogen-bond donors (Lipinski definition) is 1. The van der Waals surface area contributed by atoms with E-state index in [1.165, 1.54) is 25.7 Å². The van der Waals surface area contributed by atoms with Crippen LogP contribution in [0.25, 0.3) is 11.3 Å². The third kappa shape index (κ3) is 4.42. The molecule has 1 aliphatic heterocycles. The first kappa shape index (κ1) is 18.7. The molecule has 6 nitrogen and oxygen atoms in total. The van der Waals surface area contributed by atoms with Crippen molar-refractivity contribution in [3.63, 3.8) is 0 Å². The van der Waals surface area contributed by atoms with E-state index in [-0.39, 0.29) is 11.7 Å². The van der Waals surface area contributed by atoms with E-state index in [1.54, 1.807) is 12.1 Å². The molecule has 28 heavy (non-hydrogen) atoms. The molecular formula is C21H21BrN4O2. The Balaban J connectivity index is 1.48. The molecule has 0 bridgehead atoms. The Hall–Kier alpha value is -2.67. The van der Waals surface area contributed by atoms with Crippen LogP contribution in [0, 0.1) is 0 Å². The Bertz CT molecular complexity index is 947. The number of aromatic nitrogens is 2. The van der Waals surface area contributed by atoms with Gasteiger partial charge in [0.05, 0.1) is 5.69 Å². The Morgan fingerprint density at radius 1 is 1.00 bits per heavy atom. The van der Waals surface area contributed by atoms with Crippen LogP contribution in [-0.4, -0.2) is 29.2 Å². The zero-order valence-corrected chi connectivity index (χ0v) is 17.0. The van der Waals surface area contributed by atoms with E-state index in [0.717, 1.165) is 30.2 Å². The number of benzene rings is 1. The minimum Gasteiger partial charge on any atom is -0.444 e. The average molecular weight is 441 g/mol. The van der Waals surface area contributed by atoms with Crippen molar-refractivity contribution in [3.05, 3.63) is 59.0 Å². The van der Waals surface area contributed by atoms with Gasteiger partial charge in [0.1, 0.15) is 0 Å². The van der Waals surface area contributed by atoms with Crippen LogP contribution in [0.1, 0.15) is 36.2 Å². The van der Waals surface area contributed by atoms with Gasteiger partial charge in [-0.15, -0.1) is 10.2 Å². The van der Waals surface area contributed by atoms with Gasteiger partial charge < -0.3 is 14.6 Å². The second kappa shape index (κ2) is 8.56. The topological polar surface area (TPSA) is 71.3 Å². The van der Waals surface area contributed by atoms with Crippen LogP contribution >= 0.6 is 15.9 Å². The minimum atomic E-state index is -0.301. The number of carbonyl (C=O) groups excluding carboxylic acids is 1. The Morgan fingerprint density at radius 3 is 2.50 bits per heavy atom. The lowest BCUT2D eigenvalue weighted by Gasteiger charge is -2.20. The highest BCUT2D eigenvalue weighted by molar-refractivity contribution is 9.10. The van der Waals surface area contributed by atoms with Crippen LogP contribution in [0.3, 0.4) is 0 Å². The largest absolute Gasteiger partial charge is 0.444 e. The van der Waals surface area contributed by atoms with Crippen molar-refractivity contribution in [2.75, 3.05) is 23.3 Å². The van der Waals surface area contributed by atoms with Gasteiger partial charge >= 0.3 is 0 Å². The maximum absolute atomic E-state index is 12.3. The molecule has 1 N–H and O–H groups in total. The van der Waals surface area contributed by atoms with Crippen molar-refractivity contribution < 1.29 is 9.21 Å². The van der Waals surface area contributed by atoms with Crippen LogP contribution in [0.5, 0.6) is 0 Å². The van der Waals surface area contributed by atoms with Crippen molar-refractivity contribution >= 4 is 33.3 Å². The molecule has 3 heterocycles. The lowest BCUT2D eigenvalue weighted by atomic mass is 10.1. The number of hydrogen-bond acceptors (Lipinski definition) is 5. The molecule has 0 atom stereocenters. The van der Waals surface area contributed by atoms with Gasteiger partial charge in [-0.25, -0.2) is 0 Å². The lowest BCUT2D eigenvalue weighted by Crippen LogP contribution is -2.25. The third-order valence-corrected chi connectivity index (χ3v) is 5.22. The fraction of sp³-hybridized carbons (Fsp3) is 0.286. The number of anilines is 2. The number of carbonyl (C=O) groups is 1. The molecule has 0 aliphatic carbocycles. The van der Waals surface area contributed by atoms with Gasteiger partial charge in [0.2, 0.25) is 0 Å². The standard InChI is InChI=1S/C21H21BrN4O2/c22-19-10-9-18(28-19)21(27)23-16-7-5-6-15(14-16)17-8-11-20(25-24-17)26-12-3-1-2-4-13-26/h5-11,14H,1-4,12-13H2,(H,23,27). The molecule has 0 radical (unpaired) electrons. The first-order chi connectivity index (χ1) is 13.7. The molecule has 1 amide bonds. The number of amides is 1. The Labute approximate surface area is 172 Å². The summed E-state index contributed by atoms with van der Waals surface area (Å²) in [5.74, 6) is 0.878. The fourth-order valence-corrected chi connectivity index (χ4v) is 3.64. The normalized spacial score (nSPS) is 14.5. The molecule has 0 saturated carbocycles. The van der Waals surface area contributed by atoms with Gasteiger partial charge in [-0.05, 0) is 65.2 Å². The second-order valence-electron chi connectivity index (χ2n) is 6.82. The van der Waals surface area contributed by atoms with Crippen LogP contribution in [0.4, 0.5) is 11.5 Å². The molecule has 1 aliphatic rings. The Morgan fingerprint density at radius 2 is 1.82 bits per heavy atom. The summed E-state index contributed by atoms with van der Waals surface area (Å²) < 4.78 is 5.81. The molecule has 2 aromatic heterocycles. The van der Waals surface area contributed by atoms with Gasteiger partial charge in [-0.2, -0.15) is 0 Å². The molecule has 1 aromatic carbocycles. The predicted molar refractivity (Wildman–Crippen MR) is 113 cm³/mol. The molecule has 0 spiro atoms. The number of halogens is 1. The second-order valence-corrected chi connectivity index (χ2v) is 7.60. The summed E-state index contributed by atoms with van der Waals surface area (Å²) in [6.45, 7) is 2.08. The number of nitrogens with one attached hydrogen (secondary N) is 1. The summed E-state index contributed by atoms with van der Waals surface area (Å²) in [5, 5.41) is 11.7. The highest BCUT2D eigenvalue weighted by Crippen LogP contribution is 2.24. The number of furan rings is 1. The van der Waals surface area contributed by atoms with Gasteiger partial charge in [-0.3, -0.25) is 4.79 Å². The van der Waals surface area contributed by atoms with Crippen LogP contribution in [-0.2, 0) is 0 Å². The summed E-state index contributed by atoms with van der Waals surface area (Å²) in [6, 6.07) is 14.9. The van der Waals surface area contributed by atoms with E-state index in [1.807, 2.05) is 36.4 Å². The summed E-state index contributed by atoms with van der Waals surface area (Å²) in [5.41, 5.74) is 2.34. The summed E-state index contributed by atoms with van der Waals surface area (Å²) in [6.07, 6.45) is 4.99. The smallest absolute Gasteiger partial charge is 0.291 e. The maximum atomic E-state index is 12.3. The first-order valence-corrected chi connectivity index (χ1v) is 10.2. The number of nitrogens with zero attached hydrogens (tertiary/aromatic N) is 3. The highest BCUT2D eigenvalue weighted by Gasteiger charge is 2.13. The monoisotopic (exact) mass is 440 g/mol. The van der Waals surface area contributed by atoms with Crippen molar-refractivity contribution in [1.29, 1.82) is 0 Å². The molecule has 0 unspecified atom stereocenters. The van der Waals surface area contributed by atoms with Gasteiger partial charge in [0.25, 0.3) is 5.91 Å². The van der Waals surface area contributed by atoms with Gasteiger partial charge in [0, 0.05) is 24.3 Å². The molecule has 3 aromatic rings. The SMILES string of the molecule is O=C(Nc1cccc(-c2ccc(N3CCCCCC3)nn2)c1)c1ccc(Br)o1. The van der Waals surface area contributed by atoms with Gasteiger partial charge in [0.15, 0.2) is 16.2 Å². The predicted octanol–water partition coefficient (Wildman–Crippen LogP) is 5.13. The lowest BCUT2D eigenvalue weighted by molar-refractivity contribution is 0.0995.